The average molecular weight is 216 g/mol. The van der Waals surface area contributed by atoms with Crippen molar-refractivity contribution >= 4 is 16.9 Å². The number of hydrogen-bond acceptors (Lipinski definition) is 6. The van der Waals surface area contributed by atoms with E-state index in [0.29, 0.717) is 11.5 Å². The number of aromatic nitrogens is 5. The third-order valence-corrected chi connectivity index (χ3v) is 2.41. The lowest BCUT2D eigenvalue weighted by atomic mass is 10.4. The zero-order valence-corrected chi connectivity index (χ0v) is 8.45. The summed E-state index contributed by atoms with van der Waals surface area (Å²) in [4.78, 5) is 8.38. The van der Waals surface area contributed by atoms with Gasteiger partial charge in [0.25, 0.3) is 0 Å². The predicted molar refractivity (Wildman–Crippen MR) is 56.2 cm³/mol. The van der Waals surface area contributed by atoms with Crippen molar-refractivity contribution in [2.24, 2.45) is 7.05 Å². The van der Waals surface area contributed by atoms with Gasteiger partial charge in [0.1, 0.15) is 5.52 Å². The molecular formula is C9H8N6O. The molecular weight excluding hydrogens is 208 g/mol. The van der Waals surface area contributed by atoms with Crippen LogP contribution in [0.1, 0.15) is 0 Å². The Balaban J connectivity index is 2.33. The van der Waals surface area contributed by atoms with Gasteiger partial charge in [-0.3, -0.25) is 4.98 Å². The molecule has 0 saturated carbocycles. The topological polar surface area (TPSA) is 95.7 Å². The predicted octanol–water partition coefficient (Wildman–Crippen LogP) is 0.600. The van der Waals surface area contributed by atoms with E-state index in [4.69, 9.17) is 5.73 Å². The van der Waals surface area contributed by atoms with Crippen molar-refractivity contribution in [3.05, 3.63) is 18.5 Å². The number of rotatable bonds is 1. The number of nitrogens with zero attached hydrogens (tertiary/aromatic N) is 5. The van der Waals surface area contributed by atoms with Crippen LogP contribution < -0.4 is 5.73 Å². The molecule has 0 amide bonds. The van der Waals surface area contributed by atoms with Crippen LogP contribution >= 0.6 is 0 Å². The van der Waals surface area contributed by atoms with Gasteiger partial charge >= 0.3 is 0 Å². The third-order valence-electron chi connectivity index (χ3n) is 2.41. The maximum Gasteiger partial charge on any atom is 0.199 e. The summed E-state index contributed by atoms with van der Waals surface area (Å²) in [5.41, 5.74) is 7.80. The van der Waals surface area contributed by atoms with Gasteiger partial charge in [-0.1, -0.05) is 0 Å². The highest BCUT2D eigenvalue weighted by molar-refractivity contribution is 5.80. The Labute approximate surface area is 89.9 Å². The SMILES string of the molecule is Cn1c(-c2nonc2N)nc2cnccc21. The van der Waals surface area contributed by atoms with Gasteiger partial charge in [0.2, 0.25) is 0 Å². The summed E-state index contributed by atoms with van der Waals surface area (Å²) in [5, 5.41) is 7.25. The Hall–Kier alpha value is -2.44. The first-order valence-corrected chi connectivity index (χ1v) is 4.62. The molecule has 3 heterocycles. The van der Waals surface area contributed by atoms with Crippen molar-refractivity contribution in [2.75, 3.05) is 5.73 Å². The van der Waals surface area contributed by atoms with Gasteiger partial charge in [-0.05, 0) is 16.4 Å². The summed E-state index contributed by atoms with van der Waals surface area (Å²) in [6, 6.07) is 1.87. The fourth-order valence-corrected chi connectivity index (χ4v) is 1.61. The monoisotopic (exact) mass is 216 g/mol. The van der Waals surface area contributed by atoms with Crippen molar-refractivity contribution in [1.29, 1.82) is 0 Å². The molecule has 3 aromatic heterocycles. The van der Waals surface area contributed by atoms with Crippen LogP contribution in [0.15, 0.2) is 23.1 Å². The zero-order chi connectivity index (χ0) is 11.1. The zero-order valence-electron chi connectivity index (χ0n) is 8.45. The minimum Gasteiger partial charge on any atom is -0.379 e. The largest absolute Gasteiger partial charge is 0.379 e. The Morgan fingerprint density at radius 3 is 2.94 bits per heavy atom. The lowest BCUT2D eigenvalue weighted by Crippen LogP contribution is -1.96. The van der Waals surface area contributed by atoms with E-state index in [2.05, 4.69) is 24.9 Å². The van der Waals surface area contributed by atoms with Crippen LogP contribution in [0.2, 0.25) is 0 Å². The van der Waals surface area contributed by atoms with Gasteiger partial charge in [0.15, 0.2) is 17.3 Å². The van der Waals surface area contributed by atoms with E-state index in [1.807, 2.05) is 17.7 Å². The van der Waals surface area contributed by atoms with Crippen LogP contribution in [-0.4, -0.2) is 24.8 Å². The van der Waals surface area contributed by atoms with Crippen LogP contribution in [0.4, 0.5) is 5.82 Å². The quantitative estimate of drug-likeness (QED) is 0.639. The molecule has 7 nitrogen and oxygen atoms in total. The molecule has 0 unspecified atom stereocenters. The first kappa shape index (κ1) is 8.84. The molecule has 0 radical (unpaired) electrons. The molecule has 0 aromatic carbocycles. The molecule has 3 rings (SSSR count). The molecule has 7 heteroatoms. The number of nitrogens with two attached hydrogens (primary N) is 1. The smallest absolute Gasteiger partial charge is 0.199 e. The van der Waals surface area contributed by atoms with Crippen molar-refractivity contribution in [3.63, 3.8) is 0 Å². The first-order valence-electron chi connectivity index (χ1n) is 4.62. The van der Waals surface area contributed by atoms with Crippen LogP contribution in [0, 0.1) is 0 Å². The molecule has 80 valence electrons. The Morgan fingerprint density at radius 2 is 2.25 bits per heavy atom. The minimum absolute atomic E-state index is 0.228. The average Bonchev–Trinajstić information content (AvgIpc) is 2.84. The van der Waals surface area contributed by atoms with Crippen molar-refractivity contribution in [2.45, 2.75) is 0 Å². The molecule has 16 heavy (non-hydrogen) atoms. The maximum atomic E-state index is 5.63. The fourth-order valence-electron chi connectivity index (χ4n) is 1.61. The van der Waals surface area contributed by atoms with Crippen molar-refractivity contribution in [1.82, 2.24) is 24.8 Å². The highest BCUT2D eigenvalue weighted by atomic mass is 16.6. The summed E-state index contributed by atoms with van der Waals surface area (Å²) < 4.78 is 6.42. The van der Waals surface area contributed by atoms with Gasteiger partial charge in [0.05, 0.1) is 11.7 Å². The fraction of sp³-hybridized carbons (Fsp3) is 0.111. The van der Waals surface area contributed by atoms with E-state index in [1.165, 1.54) is 0 Å². The molecule has 2 N–H and O–H groups in total. The van der Waals surface area contributed by atoms with Gasteiger partial charge in [0, 0.05) is 13.2 Å². The molecule has 0 bridgehead atoms. The summed E-state index contributed by atoms with van der Waals surface area (Å²) in [6.07, 6.45) is 3.39. The molecule has 0 spiro atoms. The number of imidazole rings is 1. The van der Waals surface area contributed by atoms with Crippen molar-refractivity contribution in [3.8, 4) is 11.5 Å². The molecule has 0 fully saturated rings. The standard InChI is InChI=1S/C9H8N6O/c1-15-6-2-3-11-4-5(6)12-9(15)7-8(10)14-16-13-7/h2-4H,1H3,(H2,10,14). The summed E-state index contributed by atoms with van der Waals surface area (Å²) in [5.74, 6) is 0.841. The van der Waals surface area contributed by atoms with Gasteiger partial charge in [-0.2, -0.15) is 0 Å². The highest BCUT2D eigenvalue weighted by Gasteiger charge is 2.16. The first-order chi connectivity index (χ1) is 7.77. The van der Waals surface area contributed by atoms with Gasteiger partial charge in [-0.15, -0.1) is 0 Å². The molecule has 0 saturated heterocycles. The van der Waals surface area contributed by atoms with E-state index in [0.717, 1.165) is 11.0 Å². The molecule has 0 atom stereocenters. The number of hydrogen-bond donors (Lipinski definition) is 1. The second-order valence-corrected chi connectivity index (χ2v) is 3.36. The molecule has 0 aliphatic carbocycles. The van der Waals surface area contributed by atoms with Crippen LogP contribution in [0.25, 0.3) is 22.6 Å². The summed E-state index contributed by atoms with van der Waals surface area (Å²) in [6.45, 7) is 0. The van der Waals surface area contributed by atoms with E-state index in [1.54, 1.807) is 12.4 Å². The number of fused-ring (bicyclic) bond motifs is 1. The van der Waals surface area contributed by atoms with E-state index in [9.17, 15) is 0 Å². The molecule has 0 aliphatic heterocycles. The molecule has 3 aromatic rings. The second-order valence-electron chi connectivity index (χ2n) is 3.36. The lowest BCUT2D eigenvalue weighted by molar-refractivity contribution is 0.310. The maximum absolute atomic E-state index is 5.63. The highest BCUT2D eigenvalue weighted by Crippen LogP contribution is 2.24. The lowest BCUT2D eigenvalue weighted by Gasteiger charge is -1.97. The number of anilines is 1. The minimum atomic E-state index is 0.228. The van der Waals surface area contributed by atoms with E-state index >= 15 is 0 Å². The number of pyridine rings is 1. The Kier molecular flexibility index (Phi) is 1.67. The second kappa shape index (κ2) is 3.02. The van der Waals surface area contributed by atoms with Crippen LogP contribution in [-0.2, 0) is 7.05 Å². The van der Waals surface area contributed by atoms with Crippen LogP contribution in [0.5, 0.6) is 0 Å². The van der Waals surface area contributed by atoms with Crippen molar-refractivity contribution < 1.29 is 4.63 Å². The molecule has 0 aliphatic rings. The van der Waals surface area contributed by atoms with Gasteiger partial charge < -0.3 is 10.3 Å². The summed E-state index contributed by atoms with van der Waals surface area (Å²) >= 11 is 0. The third kappa shape index (κ3) is 1.08. The number of aryl methyl sites for hydroxylation is 1. The Bertz CT molecular complexity index is 655. The van der Waals surface area contributed by atoms with Gasteiger partial charge in [-0.25, -0.2) is 9.61 Å². The Morgan fingerprint density at radius 1 is 1.38 bits per heavy atom. The number of nitrogen functional groups attached to an aromatic ring is 1. The van der Waals surface area contributed by atoms with Crippen LogP contribution in [0.3, 0.4) is 0 Å². The van der Waals surface area contributed by atoms with E-state index < -0.39 is 0 Å². The summed E-state index contributed by atoms with van der Waals surface area (Å²) in [7, 11) is 1.87. The van der Waals surface area contributed by atoms with E-state index in [-0.39, 0.29) is 5.82 Å². The normalized spacial score (nSPS) is 11.1.